The minimum atomic E-state index is -2.89. The molecule has 0 aliphatic rings. The third kappa shape index (κ3) is 5.70. The van der Waals surface area contributed by atoms with Crippen LogP contribution in [0.1, 0.15) is 23.1 Å². The third-order valence-corrected chi connectivity index (χ3v) is 5.89. The molecule has 180 valence electrons. The molecule has 0 saturated heterocycles. The first-order valence-corrected chi connectivity index (χ1v) is 11.2. The van der Waals surface area contributed by atoms with Crippen LogP contribution in [0.2, 0.25) is 0 Å². The van der Waals surface area contributed by atoms with Crippen LogP contribution in [0, 0.1) is 17.5 Å². The van der Waals surface area contributed by atoms with E-state index >= 15 is 4.39 Å². The zero-order valence-electron chi connectivity index (χ0n) is 18.8. The zero-order valence-corrected chi connectivity index (χ0v) is 18.8. The Morgan fingerprint density at radius 2 is 1.49 bits per heavy atom. The van der Waals surface area contributed by atoms with Crippen molar-refractivity contribution >= 4 is 10.8 Å². The van der Waals surface area contributed by atoms with E-state index in [1.807, 2.05) is 0 Å². The van der Waals surface area contributed by atoms with E-state index in [0.717, 1.165) is 5.56 Å². The summed E-state index contributed by atoms with van der Waals surface area (Å²) in [7, 11) is 0. The number of hydrogen-bond donors (Lipinski definition) is 0. The molecule has 4 aromatic carbocycles. The van der Waals surface area contributed by atoms with Gasteiger partial charge in [0.25, 0.3) is 0 Å². The van der Waals surface area contributed by atoms with Gasteiger partial charge in [-0.15, -0.1) is 6.58 Å². The molecule has 0 spiro atoms. The molecule has 0 N–H and O–H groups in total. The summed E-state index contributed by atoms with van der Waals surface area (Å²) in [4.78, 5) is 0. The average Bonchev–Trinajstić information content (AvgIpc) is 2.82. The van der Waals surface area contributed by atoms with Gasteiger partial charge in [-0.3, -0.25) is 0 Å². The van der Waals surface area contributed by atoms with Crippen LogP contribution in [-0.4, -0.2) is 6.61 Å². The predicted octanol–water partition coefficient (Wildman–Crippen LogP) is 8.43. The van der Waals surface area contributed by atoms with E-state index in [0.29, 0.717) is 53.1 Å². The maximum absolute atomic E-state index is 15.2. The minimum absolute atomic E-state index is 0.0655. The standard InChI is InChI=1S/C29H23F5O/c1-2-3-4-19-15-25(30)27(26(31)16-19)22-11-14-24-21(17-22)10-9-20(28(24)32)8-5-18-6-12-23(13-7-18)35-29(33)34/h2,6-7,9-17,29H,1,3-5,8H2. The Bertz CT molecular complexity index is 1320. The summed E-state index contributed by atoms with van der Waals surface area (Å²) < 4.78 is 73.5. The molecule has 0 heterocycles. The highest BCUT2D eigenvalue weighted by Gasteiger charge is 2.15. The van der Waals surface area contributed by atoms with Crippen LogP contribution in [-0.2, 0) is 19.3 Å². The number of fused-ring (bicyclic) bond motifs is 1. The molecule has 0 radical (unpaired) electrons. The van der Waals surface area contributed by atoms with Crippen LogP contribution in [0.4, 0.5) is 22.0 Å². The number of ether oxygens (including phenoxy) is 1. The van der Waals surface area contributed by atoms with E-state index in [1.165, 1.54) is 36.4 Å². The lowest BCUT2D eigenvalue weighted by Gasteiger charge is -2.11. The quantitative estimate of drug-likeness (QED) is 0.172. The molecule has 0 atom stereocenters. The molecule has 0 fully saturated rings. The highest BCUT2D eigenvalue weighted by atomic mass is 19.3. The normalized spacial score (nSPS) is 11.3. The van der Waals surface area contributed by atoms with Crippen LogP contribution in [0.15, 0.2) is 79.4 Å². The van der Waals surface area contributed by atoms with Crippen LogP contribution in [0.25, 0.3) is 21.9 Å². The minimum Gasteiger partial charge on any atom is -0.435 e. The molecule has 6 heteroatoms. The van der Waals surface area contributed by atoms with Gasteiger partial charge in [0.05, 0.1) is 5.56 Å². The molecule has 4 aromatic rings. The second-order valence-corrected chi connectivity index (χ2v) is 8.26. The monoisotopic (exact) mass is 482 g/mol. The van der Waals surface area contributed by atoms with Gasteiger partial charge in [-0.05, 0) is 83.7 Å². The van der Waals surface area contributed by atoms with Gasteiger partial charge >= 0.3 is 6.61 Å². The Morgan fingerprint density at radius 1 is 0.771 bits per heavy atom. The summed E-state index contributed by atoms with van der Waals surface area (Å²) in [5, 5.41) is 0.891. The lowest BCUT2D eigenvalue weighted by atomic mass is 9.96. The second kappa shape index (κ2) is 10.7. The van der Waals surface area contributed by atoms with E-state index in [1.54, 1.807) is 36.4 Å². The molecule has 0 saturated carbocycles. The van der Waals surface area contributed by atoms with Crippen molar-refractivity contribution < 1.29 is 26.7 Å². The summed E-state index contributed by atoms with van der Waals surface area (Å²) in [6.45, 7) is 0.735. The van der Waals surface area contributed by atoms with Crippen molar-refractivity contribution in [2.24, 2.45) is 0 Å². The Balaban J connectivity index is 1.54. The number of rotatable bonds is 9. The number of hydrogen-bond acceptors (Lipinski definition) is 1. The van der Waals surface area contributed by atoms with E-state index in [4.69, 9.17) is 0 Å². The molecule has 0 aliphatic heterocycles. The Kier molecular flexibility index (Phi) is 7.49. The molecule has 0 unspecified atom stereocenters. The van der Waals surface area contributed by atoms with Gasteiger partial charge in [0.2, 0.25) is 0 Å². The van der Waals surface area contributed by atoms with Crippen molar-refractivity contribution in [2.75, 3.05) is 0 Å². The van der Waals surface area contributed by atoms with Gasteiger partial charge in [0.1, 0.15) is 23.2 Å². The van der Waals surface area contributed by atoms with Crippen molar-refractivity contribution in [3.63, 3.8) is 0 Å². The smallest absolute Gasteiger partial charge is 0.387 e. The van der Waals surface area contributed by atoms with Gasteiger partial charge in [0, 0.05) is 5.39 Å². The molecular formula is C29H23F5O. The fraction of sp³-hybridized carbons (Fsp3) is 0.172. The molecular weight excluding hydrogens is 459 g/mol. The SMILES string of the molecule is C=CCCc1cc(F)c(-c2ccc3c(F)c(CCc4ccc(OC(F)F)cc4)ccc3c2)c(F)c1. The number of allylic oxidation sites excluding steroid dienone is 1. The highest BCUT2D eigenvalue weighted by molar-refractivity contribution is 5.88. The summed E-state index contributed by atoms with van der Waals surface area (Å²) in [5.41, 5.74) is 2.08. The molecule has 0 amide bonds. The van der Waals surface area contributed by atoms with Crippen LogP contribution in [0.5, 0.6) is 5.75 Å². The van der Waals surface area contributed by atoms with Gasteiger partial charge in [-0.1, -0.05) is 42.5 Å². The van der Waals surface area contributed by atoms with Crippen molar-refractivity contribution in [3.05, 3.63) is 114 Å². The first-order valence-electron chi connectivity index (χ1n) is 11.2. The number of aryl methyl sites for hydroxylation is 3. The maximum Gasteiger partial charge on any atom is 0.387 e. The average molecular weight is 482 g/mol. The molecule has 0 bridgehead atoms. The van der Waals surface area contributed by atoms with Crippen molar-refractivity contribution in [1.29, 1.82) is 0 Å². The fourth-order valence-corrected chi connectivity index (χ4v) is 4.12. The zero-order chi connectivity index (χ0) is 24.9. The van der Waals surface area contributed by atoms with Crippen molar-refractivity contribution in [1.82, 2.24) is 0 Å². The summed E-state index contributed by atoms with van der Waals surface area (Å²) >= 11 is 0. The summed E-state index contributed by atoms with van der Waals surface area (Å²) in [6.07, 6.45) is 3.71. The lowest BCUT2D eigenvalue weighted by Crippen LogP contribution is -2.02. The summed E-state index contributed by atoms with van der Waals surface area (Å²) in [6, 6.07) is 16.9. The molecule has 1 nitrogen and oxygen atoms in total. The lowest BCUT2D eigenvalue weighted by molar-refractivity contribution is -0.0498. The number of benzene rings is 4. The second-order valence-electron chi connectivity index (χ2n) is 8.26. The van der Waals surface area contributed by atoms with E-state index in [-0.39, 0.29) is 11.3 Å². The van der Waals surface area contributed by atoms with Crippen LogP contribution < -0.4 is 4.74 Å². The van der Waals surface area contributed by atoms with Gasteiger partial charge in [0.15, 0.2) is 0 Å². The van der Waals surface area contributed by atoms with Crippen molar-refractivity contribution in [2.45, 2.75) is 32.3 Å². The van der Waals surface area contributed by atoms with E-state index in [9.17, 15) is 17.6 Å². The van der Waals surface area contributed by atoms with E-state index in [2.05, 4.69) is 11.3 Å². The van der Waals surface area contributed by atoms with Gasteiger partial charge in [-0.2, -0.15) is 8.78 Å². The fourth-order valence-electron chi connectivity index (χ4n) is 4.12. The molecule has 35 heavy (non-hydrogen) atoms. The van der Waals surface area contributed by atoms with Gasteiger partial charge < -0.3 is 4.74 Å². The largest absolute Gasteiger partial charge is 0.435 e. The number of halogens is 5. The maximum atomic E-state index is 15.2. The topological polar surface area (TPSA) is 9.23 Å². The van der Waals surface area contributed by atoms with Crippen LogP contribution >= 0.6 is 0 Å². The first kappa shape index (κ1) is 24.5. The summed E-state index contributed by atoms with van der Waals surface area (Å²) in [5.74, 6) is -1.65. The third-order valence-electron chi connectivity index (χ3n) is 5.89. The van der Waals surface area contributed by atoms with Crippen LogP contribution in [0.3, 0.4) is 0 Å². The molecule has 0 aromatic heterocycles. The van der Waals surface area contributed by atoms with Crippen molar-refractivity contribution in [3.8, 4) is 16.9 Å². The molecule has 4 rings (SSSR count). The Hall–Kier alpha value is -3.67. The molecule has 0 aliphatic carbocycles. The number of alkyl halides is 2. The Morgan fingerprint density at radius 3 is 2.14 bits per heavy atom. The van der Waals surface area contributed by atoms with Gasteiger partial charge in [-0.25, -0.2) is 13.2 Å². The van der Waals surface area contributed by atoms with E-state index < -0.39 is 24.1 Å². The Labute approximate surface area is 200 Å². The highest BCUT2D eigenvalue weighted by Crippen LogP contribution is 2.32. The predicted molar refractivity (Wildman–Crippen MR) is 128 cm³/mol. The first-order chi connectivity index (χ1) is 16.9.